The van der Waals surface area contributed by atoms with Crippen molar-refractivity contribution in [2.24, 2.45) is 0 Å². The molecule has 1 aromatic rings. The molecule has 4 heteroatoms. The highest BCUT2D eigenvalue weighted by molar-refractivity contribution is 5.41. The minimum absolute atomic E-state index is 0.472. The van der Waals surface area contributed by atoms with Crippen LogP contribution in [0.3, 0.4) is 0 Å². The van der Waals surface area contributed by atoms with E-state index >= 15 is 0 Å². The third kappa shape index (κ3) is 1.24. The molecular formula is C7H10N4. The lowest BCUT2D eigenvalue weighted by Crippen LogP contribution is -2.01. The number of hydrogen-bond acceptors (Lipinski definition) is 4. The van der Waals surface area contributed by atoms with Gasteiger partial charge in [-0.1, -0.05) is 0 Å². The number of nitrogens with zero attached hydrogens (tertiary/aromatic N) is 2. The summed E-state index contributed by atoms with van der Waals surface area (Å²) in [6.07, 6.45) is 2.34. The lowest BCUT2D eigenvalue weighted by molar-refractivity contribution is 0.938. The van der Waals surface area contributed by atoms with Gasteiger partial charge in [0.25, 0.3) is 0 Å². The van der Waals surface area contributed by atoms with Gasteiger partial charge in [0.2, 0.25) is 0 Å². The lowest BCUT2D eigenvalue weighted by atomic mass is 10.4. The molecular weight excluding hydrogens is 140 g/mol. The maximum atomic E-state index is 5.49. The summed E-state index contributed by atoms with van der Waals surface area (Å²) in [5, 5.41) is 0. The van der Waals surface area contributed by atoms with E-state index < -0.39 is 0 Å². The predicted octanol–water partition coefficient (Wildman–Crippen LogP) is 0.518. The Kier molecular flexibility index (Phi) is 1.21. The van der Waals surface area contributed by atoms with Crippen LogP contribution in [0.25, 0.3) is 0 Å². The molecule has 0 spiro atoms. The summed E-state index contributed by atoms with van der Waals surface area (Å²) in [6.45, 7) is 0. The first-order valence-corrected chi connectivity index (χ1v) is 3.65. The minimum atomic E-state index is 0.472. The van der Waals surface area contributed by atoms with E-state index in [9.17, 15) is 0 Å². The molecule has 0 aliphatic heterocycles. The monoisotopic (exact) mass is 150 g/mol. The van der Waals surface area contributed by atoms with E-state index in [1.165, 1.54) is 12.8 Å². The Hall–Kier alpha value is -1.32. The quantitative estimate of drug-likeness (QED) is 0.611. The van der Waals surface area contributed by atoms with Gasteiger partial charge in [0.1, 0.15) is 17.5 Å². The highest BCUT2D eigenvalue weighted by atomic mass is 15.0. The third-order valence-electron chi connectivity index (χ3n) is 1.73. The van der Waals surface area contributed by atoms with E-state index in [0.29, 0.717) is 17.6 Å². The average molecular weight is 150 g/mol. The van der Waals surface area contributed by atoms with Gasteiger partial charge in [-0.15, -0.1) is 0 Å². The first-order valence-electron chi connectivity index (χ1n) is 3.65. The third-order valence-corrected chi connectivity index (χ3v) is 1.73. The zero-order valence-electron chi connectivity index (χ0n) is 6.12. The molecule has 2 rings (SSSR count). The summed E-state index contributed by atoms with van der Waals surface area (Å²) in [4.78, 5) is 8.17. The normalized spacial score (nSPS) is 16.7. The van der Waals surface area contributed by atoms with Crippen LogP contribution >= 0.6 is 0 Å². The predicted molar refractivity (Wildman–Crippen MR) is 42.8 cm³/mol. The molecule has 1 aliphatic carbocycles. The highest BCUT2D eigenvalue weighted by Crippen LogP contribution is 2.38. The van der Waals surface area contributed by atoms with Crippen LogP contribution in [0.1, 0.15) is 24.6 Å². The Bertz CT molecular complexity index is 260. The van der Waals surface area contributed by atoms with Crippen molar-refractivity contribution >= 4 is 11.6 Å². The molecule has 0 saturated heterocycles. The van der Waals surface area contributed by atoms with E-state index in [0.717, 1.165) is 5.82 Å². The minimum Gasteiger partial charge on any atom is -0.384 e. The Morgan fingerprint density at radius 2 is 1.73 bits per heavy atom. The van der Waals surface area contributed by atoms with Gasteiger partial charge in [-0.05, 0) is 12.8 Å². The summed E-state index contributed by atoms with van der Waals surface area (Å²) in [7, 11) is 0. The van der Waals surface area contributed by atoms with Crippen LogP contribution < -0.4 is 11.5 Å². The Morgan fingerprint density at radius 1 is 1.18 bits per heavy atom. The number of anilines is 2. The van der Waals surface area contributed by atoms with Crippen molar-refractivity contribution in [2.45, 2.75) is 18.8 Å². The summed E-state index contributed by atoms with van der Waals surface area (Å²) in [6, 6.07) is 1.58. The average Bonchev–Trinajstić information content (AvgIpc) is 2.64. The van der Waals surface area contributed by atoms with Crippen molar-refractivity contribution < 1.29 is 0 Å². The van der Waals surface area contributed by atoms with Gasteiger partial charge < -0.3 is 11.5 Å². The molecule has 0 radical (unpaired) electrons. The first-order chi connectivity index (χ1) is 5.25. The number of nitrogen functional groups attached to an aromatic ring is 2. The molecule has 0 unspecified atom stereocenters. The van der Waals surface area contributed by atoms with E-state index in [1.54, 1.807) is 6.07 Å². The Morgan fingerprint density at radius 3 is 2.18 bits per heavy atom. The fourth-order valence-electron chi connectivity index (χ4n) is 1.03. The van der Waals surface area contributed by atoms with Crippen molar-refractivity contribution in [3.8, 4) is 0 Å². The van der Waals surface area contributed by atoms with Crippen molar-refractivity contribution in [3.05, 3.63) is 11.9 Å². The number of hydrogen-bond donors (Lipinski definition) is 2. The molecule has 11 heavy (non-hydrogen) atoms. The highest BCUT2D eigenvalue weighted by Gasteiger charge is 2.26. The fraction of sp³-hybridized carbons (Fsp3) is 0.429. The fourth-order valence-corrected chi connectivity index (χ4v) is 1.03. The molecule has 1 heterocycles. The van der Waals surface area contributed by atoms with E-state index in [-0.39, 0.29) is 0 Å². The largest absolute Gasteiger partial charge is 0.384 e. The molecule has 0 aromatic carbocycles. The molecule has 0 bridgehead atoms. The van der Waals surface area contributed by atoms with Crippen LogP contribution in [0.2, 0.25) is 0 Å². The molecule has 4 nitrogen and oxygen atoms in total. The van der Waals surface area contributed by atoms with Gasteiger partial charge >= 0.3 is 0 Å². The molecule has 1 fully saturated rings. The maximum Gasteiger partial charge on any atom is 0.136 e. The van der Waals surface area contributed by atoms with Gasteiger partial charge in [0.15, 0.2) is 0 Å². The van der Waals surface area contributed by atoms with Crippen LogP contribution in [0.15, 0.2) is 6.07 Å². The lowest BCUT2D eigenvalue weighted by Gasteiger charge is -1.99. The van der Waals surface area contributed by atoms with E-state index in [4.69, 9.17) is 11.5 Å². The van der Waals surface area contributed by atoms with Crippen LogP contribution in [0.4, 0.5) is 11.6 Å². The topological polar surface area (TPSA) is 77.8 Å². The van der Waals surface area contributed by atoms with Gasteiger partial charge in [0, 0.05) is 12.0 Å². The molecule has 0 atom stereocenters. The van der Waals surface area contributed by atoms with Gasteiger partial charge in [-0.3, -0.25) is 0 Å². The van der Waals surface area contributed by atoms with E-state index in [1.807, 2.05) is 0 Å². The number of nitrogens with two attached hydrogens (primary N) is 2. The van der Waals surface area contributed by atoms with Crippen LogP contribution in [-0.4, -0.2) is 9.97 Å². The molecule has 58 valence electrons. The summed E-state index contributed by atoms with van der Waals surface area (Å²) in [5.74, 6) is 2.27. The maximum absolute atomic E-state index is 5.49. The second-order valence-corrected chi connectivity index (χ2v) is 2.85. The van der Waals surface area contributed by atoms with Crippen LogP contribution in [0.5, 0.6) is 0 Å². The SMILES string of the molecule is Nc1cc(N)nc(C2CC2)n1. The van der Waals surface area contributed by atoms with Crippen molar-refractivity contribution in [3.63, 3.8) is 0 Å². The van der Waals surface area contributed by atoms with Gasteiger partial charge in [0.05, 0.1) is 0 Å². The molecule has 1 saturated carbocycles. The first kappa shape index (κ1) is 6.39. The Labute approximate surface area is 64.6 Å². The molecule has 1 aliphatic rings. The van der Waals surface area contributed by atoms with Crippen molar-refractivity contribution in [1.82, 2.24) is 9.97 Å². The number of aromatic nitrogens is 2. The zero-order chi connectivity index (χ0) is 7.84. The van der Waals surface area contributed by atoms with Gasteiger partial charge in [-0.2, -0.15) is 0 Å². The van der Waals surface area contributed by atoms with Crippen molar-refractivity contribution in [2.75, 3.05) is 11.5 Å². The Balaban J connectivity index is 2.39. The molecule has 4 N–H and O–H groups in total. The summed E-state index contributed by atoms with van der Waals surface area (Å²) < 4.78 is 0. The molecule has 0 amide bonds. The zero-order valence-corrected chi connectivity index (χ0v) is 6.12. The van der Waals surface area contributed by atoms with Crippen LogP contribution in [0, 0.1) is 0 Å². The number of rotatable bonds is 1. The second kappa shape index (κ2) is 2.08. The van der Waals surface area contributed by atoms with Gasteiger partial charge in [-0.25, -0.2) is 9.97 Å². The summed E-state index contributed by atoms with van der Waals surface area (Å²) >= 11 is 0. The smallest absolute Gasteiger partial charge is 0.136 e. The van der Waals surface area contributed by atoms with E-state index in [2.05, 4.69) is 9.97 Å². The standard InChI is InChI=1S/C7H10N4/c8-5-3-6(9)11-7(10-5)4-1-2-4/h3-4H,1-2H2,(H4,8,9,10,11). The van der Waals surface area contributed by atoms with Crippen molar-refractivity contribution in [1.29, 1.82) is 0 Å². The second-order valence-electron chi connectivity index (χ2n) is 2.85. The molecule has 1 aromatic heterocycles. The summed E-state index contributed by atoms with van der Waals surface area (Å²) in [5.41, 5.74) is 11.0. The van der Waals surface area contributed by atoms with Crippen LogP contribution in [-0.2, 0) is 0 Å².